The number of nitrogens with zero attached hydrogens (tertiary/aromatic N) is 1. The molecule has 2 unspecified atom stereocenters. The zero-order valence-corrected chi connectivity index (χ0v) is 12.9. The molecule has 1 rings (SSSR count). The molecule has 0 bridgehead atoms. The van der Waals surface area contributed by atoms with E-state index in [1.54, 1.807) is 0 Å². The van der Waals surface area contributed by atoms with E-state index < -0.39 is 0 Å². The van der Waals surface area contributed by atoms with Crippen molar-refractivity contribution in [3.8, 4) is 0 Å². The van der Waals surface area contributed by atoms with Crippen LogP contribution < -0.4 is 0 Å². The Labute approximate surface area is 114 Å². The van der Waals surface area contributed by atoms with Crippen molar-refractivity contribution in [1.29, 1.82) is 0 Å². The molecule has 1 fully saturated rings. The van der Waals surface area contributed by atoms with Crippen LogP contribution in [0.15, 0.2) is 0 Å². The van der Waals surface area contributed by atoms with Crippen LogP contribution in [0.2, 0.25) is 0 Å². The Hall–Kier alpha value is 0.310. The third kappa shape index (κ3) is 6.15. The maximum Gasteiger partial charge on any atom is -0.00160 e. The van der Waals surface area contributed by atoms with E-state index in [0.717, 1.165) is 23.5 Å². The maximum atomic E-state index is 4.32. The summed E-state index contributed by atoms with van der Waals surface area (Å²) >= 11 is 4.32. The first-order valence-electron chi connectivity index (χ1n) is 7.46. The van der Waals surface area contributed by atoms with Crippen LogP contribution in [0, 0.1) is 17.8 Å². The molecule has 102 valence electrons. The molecule has 0 spiro atoms. The van der Waals surface area contributed by atoms with Gasteiger partial charge in [0.1, 0.15) is 0 Å². The van der Waals surface area contributed by atoms with E-state index in [1.807, 2.05) is 0 Å². The van der Waals surface area contributed by atoms with Gasteiger partial charge in [-0.15, -0.1) is 0 Å². The molecule has 0 N–H and O–H groups in total. The lowest BCUT2D eigenvalue weighted by atomic mass is 9.89. The molecule has 0 amide bonds. The topological polar surface area (TPSA) is 3.24 Å². The molecule has 0 aromatic carbocycles. The van der Waals surface area contributed by atoms with Crippen molar-refractivity contribution >= 4 is 12.6 Å². The molecule has 1 aliphatic heterocycles. The normalized spacial score (nSPS) is 24.9. The average Bonchev–Trinajstić information content (AvgIpc) is 2.52. The van der Waals surface area contributed by atoms with Crippen LogP contribution in [0.3, 0.4) is 0 Å². The highest BCUT2D eigenvalue weighted by atomic mass is 32.1. The monoisotopic (exact) mass is 257 g/mol. The molecule has 0 aromatic heterocycles. The number of rotatable bonds is 6. The van der Waals surface area contributed by atoms with Gasteiger partial charge in [-0.25, -0.2) is 0 Å². The van der Waals surface area contributed by atoms with Crippen molar-refractivity contribution in [2.45, 2.75) is 52.9 Å². The molecule has 1 aliphatic rings. The summed E-state index contributed by atoms with van der Waals surface area (Å²) in [5.41, 5.74) is 0. The number of thiol groups is 1. The fraction of sp³-hybridized carbons (Fsp3) is 1.00. The highest BCUT2D eigenvalue weighted by molar-refractivity contribution is 7.80. The van der Waals surface area contributed by atoms with Crippen LogP contribution in [-0.2, 0) is 0 Å². The number of likely N-dealkylation sites (tertiary alicyclic amines) is 1. The fourth-order valence-electron chi connectivity index (χ4n) is 2.84. The molecule has 2 heteroatoms. The second-order valence-corrected chi connectivity index (χ2v) is 6.63. The standard InChI is InChI=1S/C15H31NS/c1-13(2)15-5-4-9-16(11-7-15)10-6-14(3)8-12-17/h13-15,17H,4-12H2,1-3H3. The van der Waals surface area contributed by atoms with Gasteiger partial charge in [0.05, 0.1) is 0 Å². The Bertz CT molecular complexity index is 193. The molecule has 2 atom stereocenters. The smallest absolute Gasteiger partial charge is 0.00160 e. The molecule has 0 aliphatic carbocycles. The van der Waals surface area contributed by atoms with Crippen LogP contribution in [-0.4, -0.2) is 30.3 Å². The van der Waals surface area contributed by atoms with Crippen molar-refractivity contribution in [3.05, 3.63) is 0 Å². The minimum absolute atomic E-state index is 0.844. The largest absolute Gasteiger partial charge is 0.303 e. The quantitative estimate of drug-likeness (QED) is 0.701. The van der Waals surface area contributed by atoms with E-state index in [1.165, 1.54) is 51.7 Å². The van der Waals surface area contributed by atoms with Gasteiger partial charge in [0, 0.05) is 0 Å². The summed E-state index contributed by atoms with van der Waals surface area (Å²) in [4.78, 5) is 2.69. The predicted molar refractivity (Wildman–Crippen MR) is 80.9 cm³/mol. The van der Waals surface area contributed by atoms with E-state index in [2.05, 4.69) is 38.3 Å². The molecule has 17 heavy (non-hydrogen) atoms. The summed E-state index contributed by atoms with van der Waals surface area (Å²) in [5.74, 6) is 3.72. The van der Waals surface area contributed by atoms with E-state index >= 15 is 0 Å². The summed E-state index contributed by atoms with van der Waals surface area (Å²) in [6.07, 6.45) is 6.89. The Kier molecular flexibility index (Phi) is 7.61. The van der Waals surface area contributed by atoms with Crippen molar-refractivity contribution in [2.24, 2.45) is 17.8 Å². The summed E-state index contributed by atoms with van der Waals surface area (Å²) in [6, 6.07) is 0. The van der Waals surface area contributed by atoms with Crippen molar-refractivity contribution in [1.82, 2.24) is 4.90 Å². The zero-order chi connectivity index (χ0) is 12.7. The summed E-state index contributed by atoms with van der Waals surface area (Å²) in [6.45, 7) is 11.1. The molecular weight excluding hydrogens is 226 g/mol. The highest BCUT2D eigenvalue weighted by Crippen LogP contribution is 2.24. The van der Waals surface area contributed by atoms with Gasteiger partial charge in [-0.05, 0) is 75.2 Å². The van der Waals surface area contributed by atoms with E-state index in [0.29, 0.717) is 0 Å². The highest BCUT2D eigenvalue weighted by Gasteiger charge is 2.19. The summed E-state index contributed by atoms with van der Waals surface area (Å²) in [7, 11) is 0. The third-order valence-corrected chi connectivity index (χ3v) is 4.63. The molecule has 1 heterocycles. The Morgan fingerprint density at radius 3 is 2.53 bits per heavy atom. The van der Waals surface area contributed by atoms with Gasteiger partial charge in [-0.3, -0.25) is 0 Å². The van der Waals surface area contributed by atoms with Crippen LogP contribution >= 0.6 is 12.6 Å². The predicted octanol–water partition coefficient (Wildman–Crippen LogP) is 4.09. The number of hydrogen-bond acceptors (Lipinski definition) is 2. The lowest BCUT2D eigenvalue weighted by Crippen LogP contribution is -2.27. The summed E-state index contributed by atoms with van der Waals surface area (Å²) < 4.78 is 0. The zero-order valence-electron chi connectivity index (χ0n) is 12.0. The second-order valence-electron chi connectivity index (χ2n) is 6.18. The van der Waals surface area contributed by atoms with Crippen molar-refractivity contribution in [2.75, 3.05) is 25.4 Å². The van der Waals surface area contributed by atoms with Crippen LogP contribution in [0.4, 0.5) is 0 Å². The molecule has 1 saturated heterocycles. The van der Waals surface area contributed by atoms with E-state index in [9.17, 15) is 0 Å². The molecule has 0 saturated carbocycles. The van der Waals surface area contributed by atoms with E-state index in [-0.39, 0.29) is 0 Å². The lowest BCUT2D eigenvalue weighted by Gasteiger charge is -2.22. The summed E-state index contributed by atoms with van der Waals surface area (Å²) in [5, 5.41) is 0. The molecule has 1 nitrogen and oxygen atoms in total. The van der Waals surface area contributed by atoms with Crippen LogP contribution in [0.25, 0.3) is 0 Å². The first kappa shape index (κ1) is 15.4. The third-order valence-electron chi connectivity index (χ3n) is 4.37. The molecular formula is C15H31NS. The Morgan fingerprint density at radius 1 is 1.12 bits per heavy atom. The van der Waals surface area contributed by atoms with Crippen molar-refractivity contribution < 1.29 is 0 Å². The van der Waals surface area contributed by atoms with Crippen LogP contribution in [0.1, 0.15) is 52.9 Å². The molecule has 0 aromatic rings. The first-order valence-corrected chi connectivity index (χ1v) is 8.10. The lowest BCUT2D eigenvalue weighted by molar-refractivity contribution is 0.253. The Morgan fingerprint density at radius 2 is 1.88 bits per heavy atom. The van der Waals surface area contributed by atoms with Gasteiger partial charge < -0.3 is 4.90 Å². The van der Waals surface area contributed by atoms with Gasteiger partial charge in [0.25, 0.3) is 0 Å². The van der Waals surface area contributed by atoms with Gasteiger partial charge >= 0.3 is 0 Å². The second kappa shape index (κ2) is 8.42. The minimum atomic E-state index is 0.844. The first-order chi connectivity index (χ1) is 8.13. The Balaban J connectivity index is 2.22. The fourth-order valence-corrected chi connectivity index (χ4v) is 3.28. The molecule has 0 radical (unpaired) electrons. The SMILES string of the molecule is CC(CCS)CCN1CCCC(C(C)C)CC1. The van der Waals surface area contributed by atoms with Gasteiger partial charge in [0.15, 0.2) is 0 Å². The maximum absolute atomic E-state index is 4.32. The minimum Gasteiger partial charge on any atom is -0.303 e. The van der Waals surface area contributed by atoms with Gasteiger partial charge in [-0.2, -0.15) is 12.6 Å². The van der Waals surface area contributed by atoms with Gasteiger partial charge in [0.2, 0.25) is 0 Å². The van der Waals surface area contributed by atoms with Crippen LogP contribution in [0.5, 0.6) is 0 Å². The van der Waals surface area contributed by atoms with E-state index in [4.69, 9.17) is 0 Å². The average molecular weight is 257 g/mol. The van der Waals surface area contributed by atoms with Crippen molar-refractivity contribution in [3.63, 3.8) is 0 Å². The van der Waals surface area contributed by atoms with Gasteiger partial charge in [-0.1, -0.05) is 20.8 Å². The number of hydrogen-bond donors (Lipinski definition) is 1.